The number of hydrogen-bond donors (Lipinski definition) is 2. The van der Waals surface area contributed by atoms with Crippen LogP contribution < -0.4 is 14.8 Å². The molecule has 2 aromatic rings. The number of rotatable bonds is 8. The Morgan fingerprint density at radius 1 is 1.24 bits per heavy atom. The predicted octanol–water partition coefficient (Wildman–Crippen LogP) is 2.71. The molecule has 5 heteroatoms. The van der Waals surface area contributed by atoms with Gasteiger partial charge in [0.25, 0.3) is 0 Å². The van der Waals surface area contributed by atoms with Crippen molar-refractivity contribution in [1.82, 2.24) is 15.3 Å². The molecule has 0 saturated heterocycles. The fraction of sp³-hybridized carbons (Fsp3) is 0.438. The molecular formula is C16H23N3O2. The summed E-state index contributed by atoms with van der Waals surface area (Å²) in [6.07, 6.45) is 5.65. The molecule has 0 aliphatic rings. The zero-order chi connectivity index (χ0) is 15.1. The number of benzene rings is 1. The lowest BCUT2D eigenvalue weighted by atomic mass is 10.1. The van der Waals surface area contributed by atoms with Gasteiger partial charge in [0.2, 0.25) is 0 Å². The molecule has 0 aliphatic heterocycles. The van der Waals surface area contributed by atoms with Crippen molar-refractivity contribution in [3.8, 4) is 11.5 Å². The van der Waals surface area contributed by atoms with Crippen molar-refractivity contribution in [1.29, 1.82) is 0 Å². The fourth-order valence-corrected chi connectivity index (χ4v) is 2.25. The average molecular weight is 289 g/mol. The Morgan fingerprint density at radius 2 is 2.05 bits per heavy atom. The summed E-state index contributed by atoms with van der Waals surface area (Å²) in [4.78, 5) is 7.33. The van der Waals surface area contributed by atoms with E-state index in [0.29, 0.717) is 0 Å². The van der Waals surface area contributed by atoms with Gasteiger partial charge in [0, 0.05) is 24.9 Å². The third kappa shape index (κ3) is 4.23. The second-order valence-electron chi connectivity index (χ2n) is 4.93. The molecule has 0 spiro atoms. The number of nitrogens with zero attached hydrogens (tertiary/aromatic N) is 1. The van der Waals surface area contributed by atoms with Crippen LogP contribution in [0.1, 0.15) is 30.8 Å². The van der Waals surface area contributed by atoms with Gasteiger partial charge in [-0.15, -0.1) is 0 Å². The molecule has 21 heavy (non-hydrogen) atoms. The molecule has 2 rings (SSSR count). The highest BCUT2D eigenvalue weighted by Gasteiger charge is 2.09. The van der Waals surface area contributed by atoms with Crippen molar-refractivity contribution >= 4 is 0 Å². The molecule has 5 nitrogen and oxygen atoms in total. The van der Waals surface area contributed by atoms with Gasteiger partial charge in [-0.3, -0.25) is 0 Å². The standard InChI is InChI=1S/C16H23N3O2/c1-12(17-8-4-5-16-18-9-10-19-16)13-6-7-14(20-2)15(11-13)21-3/h6-7,9-12,17H,4-5,8H2,1-3H3,(H,18,19). The van der Waals surface area contributed by atoms with Gasteiger partial charge in [-0.1, -0.05) is 6.07 Å². The van der Waals surface area contributed by atoms with E-state index in [1.807, 2.05) is 18.3 Å². The molecule has 1 unspecified atom stereocenters. The third-order valence-corrected chi connectivity index (χ3v) is 3.50. The van der Waals surface area contributed by atoms with Crippen LogP contribution in [0.4, 0.5) is 0 Å². The van der Waals surface area contributed by atoms with Crippen molar-refractivity contribution in [2.75, 3.05) is 20.8 Å². The summed E-state index contributed by atoms with van der Waals surface area (Å²) in [5.41, 5.74) is 1.19. The predicted molar refractivity (Wildman–Crippen MR) is 82.9 cm³/mol. The van der Waals surface area contributed by atoms with E-state index in [0.717, 1.165) is 36.7 Å². The molecule has 2 N–H and O–H groups in total. The van der Waals surface area contributed by atoms with Gasteiger partial charge >= 0.3 is 0 Å². The summed E-state index contributed by atoms with van der Waals surface area (Å²) < 4.78 is 10.6. The molecule has 0 fully saturated rings. The van der Waals surface area contributed by atoms with Crippen LogP contribution in [0.25, 0.3) is 0 Å². The van der Waals surface area contributed by atoms with E-state index in [1.165, 1.54) is 5.56 Å². The molecule has 0 bridgehead atoms. The number of aromatic amines is 1. The summed E-state index contributed by atoms with van der Waals surface area (Å²) in [5.74, 6) is 2.56. The number of methoxy groups -OCH3 is 2. The number of ether oxygens (including phenoxy) is 2. The highest BCUT2D eigenvalue weighted by atomic mass is 16.5. The van der Waals surface area contributed by atoms with Gasteiger partial charge < -0.3 is 19.8 Å². The minimum Gasteiger partial charge on any atom is -0.493 e. The van der Waals surface area contributed by atoms with Crippen molar-refractivity contribution < 1.29 is 9.47 Å². The van der Waals surface area contributed by atoms with Gasteiger partial charge in [-0.25, -0.2) is 4.98 Å². The summed E-state index contributed by atoms with van der Waals surface area (Å²) >= 11 is 0. The molecular weight excluding hydrogens is 266 g/mol. The van der Waals surface area contributed by atoms with Crippen molar-refractivity contribution in [2.24, 2.45) is 0 Å². The number of aryl methyl sites for hydroxylation is 1. The molecule has 0 saturated carbocycles. The van der Waals surface area contributed by atoms with E-state index in [-0.39, 0.29) is 6.04 Å². The average Bonchev–Trinajstić information content (AvgIpc) is 3.04. The first-order chi connectivity index (χ1) is 10.2. The SMILES string of the molecule is COc1ccc(C(C)NCCCc2ncc[nH]2)cc1OC. The molecule has 0 amide bonds. The first-order valence-corrected chi connectivity index (χ1v) is 7.18. The molecule has 1 aromatic heterocycles. The molecule has 1 atom stereocenters. The van der Waals surface area contributed by atoms with Crippen molar-refractivity contribution in [3.05, 3.63) is 42.0 Å². The summed E-state index contributed by atoms with van der Waals surface area (Å²) in [7, 11) is 3.30. The highest BCUT2D eigenvalue weighted by Crippen LogP contribution is 2.29. The van der Waals surface area contributed by atoms with Crippen LogP contribution in [0.15, 0.2) is 30.6 Å². The van der Waals surface area contributed by atoms with E-state index in [4.69, 9.17) is 9.47 Å². The molecule has 1 heterocycles. The van der Waals surface area contributed by atoms with Crippen LogP contribution in [0, 0.1) is 0 Å². The monoisotopic (exact) mass is 289 g/mol. The lowest BCUT2D eigenvalue weighted by Gasteiger charge is -2.16. The maximum absolute atomic E-state index is 5.34. The molecule has 0 radical (unpaired) electrons. The topological polar surface area (TPSA) is 59.2 Å². The largest absolute Gasteiger partial charge is 0.493 e. The molecule has 1 aromatic carbocycles. The van der Waals surface area contributed by atoms with Gasteiger partial charge in [-0.05, 0) is 37.6 Å². The summed E-state index contributed by atoms with van der Waals surface area (Å²) in [6.45, 7) is 3.09. The van der Waals surface area contributed by atoms with Crippen LogP contribution in [0.2, 0.25) is 0 Å². The van der Waals surface area contributed by atoms with Crippen LogP contribution in [-0.4, -0.2) is 30.7 Å². The summed E-state index contributed by atoms with van der Waals surface area (Å²) in [5, 5.41) is 3.51. The minimum atomic E-state index is 0.265. The first kappa shape index (κ1) is 15.4. The Labute approximate surface area is 125 Å². The van der Waals surface area contributed by atoms with E-state index < -0.39 is 0 Å². The maximum Gasteiger partial charge on any atom is 0.161 e. The lowest BCUT2D eigenvalue weighted by molar-refractivity contribution is 0.354. The van der Waals surface area contributed by atoms with Crippen molar-refractivity contribution in [2.45, 2.75) is 25.8 Å². The normalized spacial score (nSPS) is 12.1. The molecule has 114 valence electrons. The number of imidazole rings is 1. The van der Waals surface area contributed by atoms with Crippen LogP contribution in [0.5, 0.6) is 11.5 Å². The Balaban J connectivity index is 1.83. The number of H-pyrrole nitrogens is 1. The quantitative estimate of drug-likeness (QED) is 0.734. The fourth-order valence-electron chi connectivity index (χ4n) is 2.25. The van der Waals surface area contributed by atoms with Gasteiger partial charge in [0.1, 0.15) is 5.82 Å². The third-order valence-electron chi connectivity index (χ3n) is 3.50. The molecule has 0 aliphatic carbocycles. The second-order valence-corrected chi connectivity index (χ2v) is 4.93. The minimum absolute atomic E-state index is 0.265. The van der Waals surface area contributed by atoms with Crippen LogP contribution in [0.3, 0.4) is 0 Å². The summed E-state index contributed by atoms with van der Waals surface area (Å²) in [6, 6.07) is 6.28. The Hall–Kier alpha value is -2.01. The zero-order valence-corrected chi connectivity index (χ0v) is 12.8. The first-order valence-electron chi connectivity index (χ1n) is 7.18. The number of hydrogen-bond acceptors (Lipinski definition) is 4. The van der Waals surface area contributed by atoms with E-state index >= 15 is 0 Å². The second kappa shape index (κ2) is 7.69. The van der Waals surface area contributed by atoms with E-state index in [9.17, 15) is 0 Å². The number of nitrogens with one attached hydrogen (secondary N) is 2. The smallest absolute Gasteiger partial charge is 0.161 e. The van der Waals surface area contributed by atoms with Gasteiger partial charge in [0.15, 0.2) is 11.5 Å². The van der Waals surface area contributed by atoms with Gasteiger partial charge in [-0.2, -0.15) is 0 Å². The van der Waals surface area contributed by atoms with E-state index in [2.05, 4.69) is 28.3 Å². The Morgan fingerprint density at radius 3 is 2.71 bits per heavy atom. The van der Waals surface area contributed by atoms with Crippen LogP contribution >= 0.6 is 0 Å². The van der Waals surface area contributed by atoms with E-state index in [1.54, 1.807) is 20.4 Å². The Bertz CT molecular complexity index is 540. The number of aromatic nitrogens is 2. The Kier molecular flexibility index (Phi) is 5.63. The van der Waals surface area contributed by atoms with Crippen molar-refractivity contribution in [3.63, 3.8) is 0 Å². The van der Waals surface area contributed by atoms with Crippen LogP contribution in [-0.2, 0) is 6.42 Å². The van der Waals surface area contributed by atoms with Gasteiger partial charge in [0.05, 0.1) is 14.2 Å². The highest BCUT2D eigenvalue weighted by molar-refractivity contribution is 5.43. The zero-order valence-electron chi connectivity index (χ0n) is 12.8. The maximum atomic E-state index is 5.34. The lowest BCUT2D eigenvalue weighted by Crippen LogP contribution is -2.20.